The molecule has 0 radical (unpaired) electrons. The molecule has 0 fully saturated rings. The van der Waals surface area contributed by atoms with Crippen molar-refractivity contribution in [1.29, 1.82) is 0 Å². The zero-order valence-electron chi connectivity index (χ0n) is 15.6. The number of amides is 1. The summed E-state index contributed by atoms with van der Waals surface area (Å²) in [4.78, 5) is 13.9. The molecule has 1 amide bonds. The van der Waals surface area contributed by atoms with E-state index in [0.29, 0.717) is 11.6 Å². The summed E-state index contributed by atoms with van der Waals surface area (Å²) < 4.78 is 0. The molecule has 0 aliphatic rings. The van der Waals surface area contributed by atoms with E-state index in [4.69, 9.17) is 5.11 Å². The second-order valence-corrected chi connectivity index (χ2v) is 5.37. The van der Waals surface area contributed by atoms with E-state index >= 15 is 0 Å². The van der Waals surface area contributed by atoms with Crippen LogP contribution in [0.4, 0.5) is 5.69 Å². The van der Waals surface area contributed by atoms with Gasteiger partial charge in [-0.2, -0.15) is 0 Å². The van der Waals surface area contributed by atoms with Gasteiger partial charge < -0.3 is 20.6 Å². The van der Waals surface area contributed by atoms with Crippen molar-refractivity contribution in [3.05, 3.63) is 35.1 Å². The number of hydrogen-bond acceptors (Lipinski definition) is 3. The Morgan fingerprint density at radius 1 is 1.22 bits per heavy atom. The van der Waals surface area contributed by atoms with Crippen LogP contribution in [0.2, 0.25) is 0 Å². The van der Waals surface area contributed by atoms with Crippen LogP contribution in [0, 0.1) is 5.92 Å². The van der Waals surface area contributed by atoms with Crippen LogP contribution in [0.1, 0.15) is 33.3 Å². The van der Waals surface area contributed by atoms with E-state index in [0.717, 1.165) is 5.56 Å². The van der Waals surface area contributed by atoms with Crippen molar-refractivity contribution in [2.24, 2.45) is 5.92 Å². The number of aliphatic hydroxyl groups is 1. The van der Waals surface area contributed by atoms with E-state index in [2.05, 4.69) is 24.5 Å². The molecule has 0 aliphatic carbocycles. The van der Waals surface area contributed by atoms with Crippen LogP contribution in [0.3, 0.4) is 0 Å². The van der Waals surface area contributed by atoms with Gasteiger partial charge >= 0.3 is 51.4 Å². The first-order valence-electron chi connectivity index (χ1n) is 7.76. The van der Waals surface area contributed by atoms with Crippen LogP contribution in [0.15, 0.2) is 24.3 Å². The van der Waals surface area contributed by atoms with Gasteiger partial charge in [-0.15, -0.1) is 0 Å². The summed E-state index contributed by atoms with van der Waals surface area (Å²) in [5, 5.41) is 16.2. The molecule has 0 aromatic heterocycles. The first-order valence-corrected chi connectivity index (χ1v) is 7.76. The van der Waals surface area contributed by atoms with Gasteiger partial charge in [0.1, 0.15) is 0 Å². The molecule has 1 aromatic rings. The molecule has 0 saturated carbocycles. The molecule has 0 aliphatic heterocycles. The summed E-state index contributed by atoms with van der Waals surface area (Å²) in [6, 6.07) is 7.11. The fourth-order valence-corrected chi connectivity index (χ4v) is 2.04. The van der Waals surface area contributed by atoms with Gasteiger partial charge in [0, 0.05) is 5.69 Å². The fourth-order valence-electron chi connectivity index (χ4n) is 2.04. The Morgan fingerprint density at radius 2 is 1.74 bits per heavy atom. The number of carbonyl (C=O) groups is 1. The molecule has 0 heterocycles. The maximum Gasteiger partial charge on any atom is 1.00 e. The Labute approximate surface area is 183 Å². The average molecular weight is 348 g/mol. The zero-order chi connectivity index (χ0) is 17.1. The monoisotopic (exact) mass is 347 g/mol. The minimum absolute atomic E-state index is 0. The number of hydrogen-bond donors (Lipinski definition) is 2. The Morgan fingerprint density at radius 3 is 2.13 bits per heavy atom. The average Bonchev–Trinajstić information content (AvgIpc) is 2.49. The normalized spacial score (nSPS) is 11.3. The maximum absolute atomic E-state index is 11.8. The second-order valence-electron chi connectivity index (χ2n) is 5.37. The molecule has 126 valence electrons. The van der Waals surface area contributed by atoms with E-state index in [1.807, 2.05) is 32.8 Å². The molecule has 5 nitrogen and oxygen atoms in total. The molecule has 1 rings (SSSR count). The molecule has 6 heteroatoms. The smallest absolute Gasteiger partial charge is 0.639 e. The SMILES string of the molecule is CC.CC(C)C([N-]CC(=O)Nc1ccc(CO)cc1)N(C)C.[K+]. The van der Waals surface area contributed by atoms with Crippen molar-refractivity contribution in [3.8, 4) is 0 Å². The van der Waals surface area contributed by atoms with Gasteiger partial charge in [0.15, 0.2) is 0 Å². The predicted molar refractivity (Wildman–Crippen MR) is 92.9 cm³/mol. The van der Waals surface area contributed by atoms with Crippen molar-refractivity contribution in [2.45, 2.75) is 40.5 Å². The van der Waals surface area contributed by atoms with Crippen LogP contribution in [-0.4, -0.2) is 42.7 Å². The molecule has 2 N–H and O–H groups in total. The number of aliphatic hydroxyl groups excluding tert-OH is 1. The number of rotatable bonds is 7. The van der Waals surface area contributed by atoms with Gasteiger partial charge in [-0.25, -0.2) is 0 Å². The number of anilines is 1. The van der Waals surface area contributed by atoms with E-state index in [9.17, 15) is 4.79 Å². The summed E-state index contributed by atoms with van der Waals surface area (Å²) in [7, 11) is 3.92. The van der Waals surface area contributed by atoms with Crippen LogP contribution in [0.5, 0.6) is 0 Å². The molecule has 0 spiro atoms. The van der Waals surface area contributed by atoms with Crippen molar-refractivity contribution in [2.75, 3.05) is 26.0 Å². The van der Waals surface area contributed by atoms with E-state index in [-0.39, 0.29) is 76.6 Å². The molecule has 1 atom stereocenters. The van der Waals surface area contributed by atoms with E-state index in [1.165, 1.54) is 0 Å². The van der Waals surface area contributed by atoms with Gasteiger partial charge in [0.05, 0.1) is 6.61 Å². The summed E-state index contributed by atoms with van der Waals surface area (Å²) in [6.07, 6.45) is 0.0394. The number of benzene rings is 1. The van der Waals surface area contributed by atoms with Crippen molar-refractivity contribution >= 4 is 11.6 Å². The van der Waals surface area contributed by atoms with Crippen molar-refractivity contribution in [3.63, 3.8) is 0 Å². The van der Waals surface area contributed by atoms with E-state index < -0.39 is 0 Å². The third-order valence-electron chi connectivity index (χ3n) is 2.97. The minimum Gasteiger partial charge on any atom is -0.639 e. The Hall–Kier alpha value is 0.206. The first kappa shape index (κ1) is 25.4. The second kappa shape index (κ2) is 14.5. The quantitative estimate of drug-likeness (QED) is 0.686. The number of nitrogens with zero attached hydrogens (tertiary/aromatic N) is 2. The van der Waals surface area contributed by atoms with Crippen LogP contribution >= 0.6 is 0 Å². The summed E-state index contributed by atoms with van der Waals surface area (Å²) >= 11 is 0. The predicted octanol–water partition coefficient (Wildman–Crippen LogP) is 0.0650. The standard InChI is InChI=1S/C15H24N3O2.C2H6.K/c1-11(2)15(18(3)4)16-9-14(20)17-13-7-5-12(10-19)6-8-13;1-2;/h5-8,11,15,19H,9-10H2,1-4H3,(H,17,20);1-2H3;/q-1;;+1. The van der Waals surface area contributed by atoms with Gasteiger partial charge in [-0.05, 0) is 31.8 Å². The Balaban J connectivity index is 0. The summed E-state index contributed by atoms with van der Waals surface area (Å²) in [6.45, 7) is 8.31. The Bertz CT molecular complexity index is 414. The van der Waals surface area contributed by atoms with Crippen LogP contribution in [0.25, 0.3) is 5.32 Å². The molecule has 23 heavy (non-hydrogen) atoms. The third kappa shape index (κ3) is 10.6. The molecular weight excluding hydrogens is 317 g/mol. The third-order valence-corrected chi connectivity index (χ3v) is 2.97. The minimum atomic E-state index is -0.130. The van der Waals surface area contributed by atoms with Crippen molar-refractivity contribution in [1.82, 2.24) is 4.90 Å². The van der Waals surface area contributed by atoms with Crippen LogP contribution < -0.4 is 56.7 Å². The summed E-state index contributed by atoms with van der Waals surface area (Å²) in [5.74, 6) is 0.232. The topological polar surface area (TPSA) is 66.7 Å². The summed E-state index contributed by atoms with van der Waals surface area (Å²) in [5.41, 5.74) is 1.54. The molecule has 0 saturated heterocycles. The zero-order valence-corrected chi connectivity index (χ0v) is 18.8. The van der Waals surface area contributed by atoms with E-state index in [1.54, 1.807) is 24.3 Å². The molecule has 1 unspecified atom stereocenters. The van der Waals surface area contributed by atoms with Gasteiger partial charge in [-0.1, -0.05) is 58.5 Å². The Kier molecular flexibility index (Phi) is 16.1. The first-order chi connectivity index (χ1) is 10.4. The van der Waals surface area contributed by atoms with Gasteiger partial charge in [0.25, 0.3) is 0 Å². The van der Waals surface area contributed by atoms with Gasteiger partial charge in [-0.3, -0.25) is 4.79 Å². The molecular formula is C17H30KN3O2. The molecule has 1 aromatic carbocycles. The number of carbonyl (C=O) groups excluding carboxylic acids is 1. The van der Waals surface area contributed by atoms with Crippen LogP contribution in [-0.2, 0) is 11.4 Å². The largest absolute Gasteiger partial charge is 1.00 e. The van der Waals surface area contributed by atoms with Crippen molar-refractivity contribution < 1.29 is 61.3 Å². The number of nitrogens with one attached hydrogen (secondary N) is 1. The fraction of sp³-hybridized carbons (Fsp3) is 0.588. The molecule has 0 bridgehead atoms. The van der Waals surface area contributed by atoms with Gasteiger partial charge in [0.2, 0.25) is 5.91 Å². The maximum atomic E-state index is 11.8.